The number of halogens is 1. The fourth-order valence-corrected chi connectivity index (χ4v) is 1.84. The predicted octanol–water partition coefficient (Wildman–Crippen LogP) is 3.13. The van der Waals surface area contributed by atoms with Gasteiger partial charge in [-0.05, 0) is 35.7 Å². The second-order valence-electron chi connectivity index (χ2n) is 3.67. The summed E-state index contributed by atoms with van der Waals surface area (Å²) in [4.78, 5) is 3.89. The van der Waals surface area contributed by atoms with E-state index in [1.165, 1.54) is 0 Å². The molecule has 2 rings (SSSR count). The predicted molar refractivity (Wildman–Crippen MR) is 64.5 cm³/mol. The van der Waals surface area contributed by atoms with Crippen LogP contribution in [0.25, 0.3) is 0 Å². The number of rotatable bonds is 2. The van der Waals surface area contributed by atoms with Gasteiger partial charge in [0.2, 0.25) is 0 Å². The van der Waals surface area contributed by atoms with Gasteiger partial charge in [0.1, 0.15) is 11.3 Å². The molecule has 1 N–H and O–H groups in total. The first-order chi connectivity index (χ1) is 7.68. The van der Waals surface area contributed by atoms with E-state index < -0.39 is 6.10 Å². The standard InChI is InChI=1S/C13H12ClNO/c1-9-4-2-3-5-11(9)13(16)10-6-7-15-12(14)8-10/h2-8,13,16H,1H3. The molecular weight excluding hydrogens is 222 g/mol. The van der Waals surface area contributed by atoms with Gasteiger partial charge < -0.3 is 5.11 Å². The molecule has 0 fully saturated rings. The highest BCUT2D eigenvalue weighted by Gasteiger charge is 2.12. The Morgan fingerprint density at radius 2 is 2.00 bits per heavy atom. The Morgan fingerprint density at radius 1 is 1.25 bits per heavy atom. The van der Waals surface area contributed by atoms with E-state index in [-0.39, 0.29) is 0 Å². The molecule has 0 saturated heterocycles. The summed E-state index contributed by atoms with van der Waals surface area (Å²) < 4.78 is 0. The van der Waals surface area contributed by atoms with E-state index in [0.717, 1.165) is 16.7 Å². The third kappa shape index (κ3) is 2.23. The van der Waals surface area contributed by atoms with Crippen molar-refractivity contribution in [3.05, 3.63) is 64.4 Å². The normalized spacial score (nSPS) is 12.4. The van der Waals surface area contributed by atoms with E-state index in [4.69, 9.17) is 11.6 Å². The Bertz CT molecular complexity index is 499. The van der Waals surface area contributed by atoms with E-state index in [1.807, 2.05) is 31.2 Å². The van der Waals surface area contributed by atoms with Crippen LogP contribution in [-0.2, 0) is 0 Å². The maximum absolute atomic E-state index is 10.2. The fraction of sp³-hybridized carbons (Fsp3) is 0.154. The van der Waals surface area contributed by atoms with Gasteiger partial charge in [0.15, 0.2) is 0 Å². The first-order valence-corrected chi connectivity index (χ1v) is 5.41. The summed E-state index contributed by atoms with van der Waals surface area (Å²) >= 11 is 5.79. The maximum Gasteiger partial charge on any atom is 0.129 e. The highest BCUT2D eigenvalue weighted by Crippen LogP contribution is 2.25. The second-order valence-corrected chi connectivity index (χ2v) is 4.06. The van der Waals surface area contributed by atoms with Crippen LogP contribution in [0.2, 0.25) is 5.15 Å². The van der Waals surface area contributed by atoms with Crippen molar-refractivity contribution in [2.24, 2.45) is 0 Å². The van der Waals surface area contributed by atoms with E-state index >= 15 is 0 Å². The molecule has 0 aliphatic carbocycles. The van der Waals surface area contributed by atoms with Crippen LogP contribution in [0, 0.1) is 6.92 Å². The number of benzene rings is 1. The minimum absolute atomic E-state index is 0.394. The smallest absolute Gasteiger partial charge is 0.129 e. The van der Waals surface area contributed by atoms with Gasteiger partial charge in [-0.15, -0.1) is 0 Å². The molecular formula is C13H12ClNO. The SMILES string of the molecule is Cc1ccccc1C(O)c1ccnc(Cl)c1. The maximum atomic E-state index is 10.2. The molecule has 82 valence electrons. The number of aliphatic hydroxyl groups is 1. The summed E-state index contributed by atoms with van der Waals surface area (Å²) in [5.41, 5.74) is 2.71. The van der Waals surface area contributed by atoms with Crippen molar-refractivity contribution in [1.29, 1.82) is 0 Å². The highest BCUT2D eigenvalue weighted by molar-refractivity contribution is 6.29. The Morgan fingerprint density at radius 3 is 2.69 bits per heavy atom. The summed E-state index contributed by atoms with van der Waals surface area (Å²) in [5, 5.41) is 10.6. The molecule has 1 atom stereocenters. The molecule has 16 heavy (non-hydrogen) atoms. The molecule has 1 aromatic carbocycles. The second kappa shape index (κ2) is 4.64. The van der Waals surface area contributed by atoms with Gasteiger partial charge in [0.25, 0.3) is 0 Å². The van der Waals surface area contributed by atoms with Crippen LogP contribution in [0.1, 0.15) is 22.8 Å². The lowest BCUT2D eigenvalue weighted by Crippen LogP contribution is -2.01. The lowest BCUT2D eigenvalue weighted by atomic mass is 9.98. The van der Waals surface area contributed by atoms with E-state index in [0.29, 0.717) is 5.15 Å². The number of hydrogen-bond acceptors (Lipinski definition) is 2. The minimum atomic E-state index is -0.651. The first kappa shape index (κ1) is 11.1. The van der Waals surface area contributed by atoms with Gasteiger partial charge in [-0.1, -0.05) is 35.9 Å². The molecule has 0 aliphatic heterocycles. The monoisotopic (exact) mass is 233 g/mol. The van der Waals surface area contributed by atoms with E-state index in [2.05, 4.69) is 4.98 Å². The van der Waals surface area contributed by atoms with Crippen LogP contribution in [0.4, 0.5) is 0 Å². The molecule has 0 amide bonds. The molecule has 1 aromatic heterocycles. The van der Waals surface area contributed by atoms with Crippen molar-refractivity contribution in [1.82, 2.24) is 4.98 Å². The average Bonchev–Trinajstić information content (AvgIpc) is 2.29. The molecule has 1 unspecified atom stereocenters. The molecule has 0 radical (unpaired) electrons. The molecule has 3 heteroatoms. The zero-order chi connectivity index (χ0) is 11.5. The first-order valence-electron chi connectivity index (χ1n) is 5.03. The fourth-order valence-electron chi connectivity index (χ4n) is 1.66. The highest BCUT2D eigenvalue weighted by atomic mass is 35.5. The van der Waals surface area contributed by atoms with Crippen LogP contribution in [0.3, 0.4) is 0 Å². The molecule has 0 spiro atoms. The quantitative estimate of drug-likeness (QED) is 0.809. The van der Waals surface area contributed by atoms with Crippen molar-refractivity contribution in [2.75, 3.05) is 0 Å². The summed E-state index contributed by atoms with van der Waals surface area (Å²) in [6, 6.07) is 11.2. The molecule has 0 bridgehead atoms. The Labute approximate surface area is 99.5 Å². The lowest BCUT2D eigenvalue weighted by molar-refractivity contribution is 0.219. The van der Waals surface area contributed by atoms with Crippen LogP contribution in [0.5, 0.6) is 0 Å². The number of nitrogens with zero attached hydrogens (tertiary/aromatic N) is 1. The zero-order valence-electron chi connectivity index (χ0n) is 8.89. The Hall–Kier alpha value is -1.38. The molecule has 1 heterocycles. The Balaban J connectivity index is 2.39. The van der Waals surface area contributed by atoms with Crippen molar-refractivity contribution in [3.8, 4) is 0 Å². The van der Waals surface area contributed by atoms with Crippen molar-refractivity contribution in [2.45, 2.75) is 13.0 Å². The summed E-state index contributed by atoms with van der Waals surface area (Å²) in [5.74, 6) is 0. The third-order valence-corrected chi connectivity index (χ3v) is 2.76. The van der Waals surface area contributed by atoms with Gasteiger partial charge >= 0.3 is 0 Å². The van der Waals surface area contributed by atoms with Crippen molar-refractivity contribution >= 4 is 11.6 Å². The number of pyridine rings is 1. The summed E-state index contributed by atoms with van der Waals surface area (Å²) in [6.07, 6.45) is 0.945. The molecule has 2 aromatic rings. The molecule has 0 saturated carbocycles. The number of aryl methyl sites for hydroxylation is 1. The van der Waals surface area contributed by atoms with Gasteiger partial charge in [0.05, 0.1) is 0 Å². The van der Waals surface area contributed by atoms with Crippen LogP contribution < -0.4 is 0 Å². The summed E-state index contributed by atoms with van der Waals surface area (Å²) in [7, 11) is 0. The van der Waals surface area contributed by atoms with Crippen LogP contribution >= 0.6 is 11.6 Å². The lowest BCUT2D eigenvalue weighted by Gasteiger charge is -2.13. The molecule has 0 aliphatic rings. The number of aromatic nitrogens is 1. The van der Waals surface area contributed by atoms with Crippen molar-refractivity contribution in [3.63, 3.8) is 0 Å². The van der Waals surface area contributed by atoms with Gasteiger partial charge in [-0.3, -0.25) is 0 Å². The van der Waals surface area contributed by atoms with Gasteiger partial charge in [0, 0.05) is 6.20 Å². The van der Waals surface area contributed by atoms with Crippen LogP contribution in [-0.4, -0.2) is 10.1 Å². The zero-order valence-corrected chi connectivity index (χ0v) is 9.65. The van der Waals surface area contributed by atoms with Gasteiger partial charge in [-0.25, -0.2) is 4.98 Å². The number of hydrogen-bond donors (Lipinski definition) is 1. The third-order valence-electron chi connectivity index (χ3n) is 2.55. The van der Waals surface area contributed by atoms with E-state index in [9.17, 15) is 5.11 Å². The Kier molecular flexibility index (Phi) is 3.22. The van der Waals surface area contributed by atoms with Gasteiger partial charge in [-0.2, -0.15) is 0 Å². The molecule has 2 nitrogen and oxygen atoms in total. The van der Waals surface area contributed by atoms with Crippen LogP contribution in [0.15, 0.2) is 42.6 Å². The topological polar surface area (TPSA) is 33.1 Å². The largest absolute Gasteiger partial charge is 0.384 e. The number of aliphatic hydroxyl groups excluding tert-OH is 1. The van der Waals surface area contributed by atoms with E-state index in [1.54, 1.807) is 18.3 Å². The average molecular weight is 234 g/mol. The summed E-state index contributed by atoms with van der Waals surface area (Å²) in [6.45, 7) is 1.97. The minimum Gasteiger partial charge on any atom is -0.384 e. The van der Waals surface area contributed by atoms with Crippen molar-refractivity contribution < 1.29 is 5.11 Å².